The fraction of sp³-hybridized carbons (Fsp3) is 0. The summed E-state index contributed by atoms with van der Waals surface area (Å²) in [6.45, 7) is 0. The van der Waals surface area contributed by atoms with Crippen molar-refractivity contribution in [1.29, 1.82) is 0 Å². The van der Waals surface area contributed by atoms with Gasteiger partial charge in [-0.25, -0.2) is 0 Å². The monoisotopic (exact) mass is 487 g/mol. The molecule has 26 heavy (non-hydrogen) atoms. The van der Waals surface area contributed by atoms with Crippen LogP contribution in [-0.4, -0.2) is 0 Å². The summed E-state index contributed by atoms with van der Waals surface area (Å²) in [6.07, 6.45) is 0. The zero-order valence-corrected chi connectivity index (χ0v) is 17.8. The molecule has 0 N–H and O–H groups in total. The molecule has 0 spiro atoms. The molecule has 4 rings (SSSR count). The molecule has 0 nitrogen and oxygen atoms in total. The molecule has 0 aliphatic rings. The van der Waals surface area contributed by atoms with E-state index in [1.807, 2.05) is 24.3 Å². The molecule has 2 heteroatoms. The van der Waals surface area contributed by atoms with E-state index >= 15 is 0 Å². The first kappa shape index (κ1) is 22.2. The normalized spacial score (nSPS) is 8.92. The maximum atomic E-state index is 2.12. The van der Waals surface area contributed by atoms with Crippen LogP contribution in [0.5, 0.6) is 0 Å². The summed E-state index contributed by atoms with van der Waals surface area (Å²) in [6, 6.07) is 41.6. The van der Waals surface area contributed by atoms with Crippen molar-refractivity contribution in [3.63, 3.8) is 0 Å². The summed E-state index contributed by atoms with van der Waals surface area (Å²) >= 11 is 0. The van der Waals surface area contributed by atoms with Gasteiger partial charge in [-0.15, -0.1) is 0 Å². The van der Waals surface area contributed by atoms with E-state index in [9.17, 15) is 0 Å². The molecule has 0 saturated heterocycles. The minimum atomic E-state index is 0. The Bertz CT molecular complexity index is 682. The third kappa shape index (κ3) is 6.80. The third-order valence-electron chi connectivity index (χ3n) is 3.76. The average molecular weight is 487 g/mol. The second kappa shape index (κ2) is 12.5. The molecule has 130 valence electrons. The predicted molar refractivity (Wildman–Crippen MR) is 104 cm³/mol. The molecule has 0 amide bonds. The van der Waals surface area contributed by atoms with E-state index in [1.54, 1.807) is 0 Å². The van der Waals surface area contributed by atoms with E-state index in [2.05, 4.69) is 97.1 Å². The standard InChI is InChI=1S/2C12H10.Cr.HI/c2*1-3-7-11(8-4-1)12-9-5-2-6-10-12;;/h2*1-10H;;1H/p-1. The van der Waals surface area contributed by atoms with Crippen molar-refractivity contribution in [2.75, 3.05) is 0 Å². The number of rotatable bonds is 2. The SMILES string of the molecule is [Cr].[I-].c1ccc(-c2ccccc2)cc1.c1ccc(-c2ccccc2)cc1. The Hall–Kier alpha value is -1.86. The molecule has 0 bridgehead atoms. The number of hydrogen-bond donors (Lipinski definition) is 0. The number of hydrogen-bond acceptors (Lipinski definition) is 0. The number of benzene rings is 4. The van der Waals surface area contributed by atoms with Gasteiger partial charge in [0.25, 0.3) is 0 Å². The summed E-state index contributed by atoms with van der Waals surface area (Å²) in [5.74, 6) is 0. The summed E-state index contributed by atoms with van der Waals surface area (Å²) < 4.78 is 0. The number of halogens is 1. The molecule has 0 aliphatic heterocycles. The Balaban J connectivity index is 0.000000241. The molecule has 0 radical (unpaired) electrons. The first-order chi connectivity index (χ1) is 11.9. The minimum absolute atomic E-state index is 0. The Labute approximate surface area is 184 Å². The van der Waals surface area contributed by atoms with Crippen LogP contribution < -0.4 is 24.0 Å². The maximum Gasteiger partial charge on any atom is 0 e. The van der Waals surface area contributed by atoms with Crippen LogP contribution in [0.3, 0.4) is 0 Å². The van der Waals surface area contributed by atoms with Gasteiger partial charge < -0.3 is 24.0 Å². The van der Waals surface area contributed by atoms with Crippen LogP contribution in [0.1, 0.15) is 0 Å². The van der Waals surface area contributed by atoms with Gasteiger partial charge in [0.05, 0.1) is 0 Å². The van der Waals surface area contributed by atoms with Crippen LogP contribution in [0.4, 0.5) is 0 Å². The topological polar surface area (TPSA) is 0 Å². The molecule has 0 unspecified atom stereocenters. The van der Waals surface area contributed by atoms with Gasteiger partial charge in [-0.1, -0.05) is 121 Å². The average Bonchev–Trinajstić information content (AvgIpc) is 2.71. The molecular weight excluding hydrogens is 467 g/mol. The van der Waals surface area contributed by atoms with Crippen molar-refractivity contribution in [3.8, 4) is 22.3 Å². The fourth-order valence-corrected chi connectivity index (χ4v) is 2.52. The van der Waals surface area contributed by atoms with Crippen LogP contribution in [0.2, 0.25) is 0 Å². The van der Waals surface area contributed by atoms with Crippen molar-refractivity contribution in [2.24, 2.45) is 0 Å². The summed E-state index contributed by atoms with van der Waals surface area (Å²) in [5, 5.41) is 0. The molecule has 4 aromatic rings. The van der Waals surface area contributed by atoms with Gasteiger partial charge in [0.1, 0.15) is 0 Å². The van der Waals surface area contributed by atoms with Gasteiger partial charge in [-0.3, -0.25) is 0 Å². The smallest absolute Gasteiger partial charge is 0 e. The first-order valence-electron chi connectivity index (χ1n) is 8.14. The molecule has 0 fully saturated rings. The zero-order chi connectivity index (χ0) is 16.5. The Kier molecular flexibility index (Phi) is 10.7. The zero-order valence-electron chi connectivity index (χ0n) is 14.3. The molecular formula is C24H20CrI-. The second-order valence-corrected chi connectivity index (χ2v) is 5.46. The van der Waals surface area contributed by atoms with Crippen LogP contribution in [0.25, 0.3) is 22.3 Å². The van der Waals surface area contributed by atoms with Gasteiger partial charge in [-0.05, 0) is 22.3 Å². The van der Waals surface area contributed by atoms with E-state index in [4.69, 9.17) is 0 Å². The summed E-state index contributed by atoms with van der Waals surface area (Å²) in [7, 11) is 0. The van der Waals surface area contributed by atoms with E-state index < -0.39 is 0 Å². The summed E-state index contributed by atoms with van der Waals surface area (Å²) in [5.41, 5.74) is 5.10. The molecule has 0 aromatic heterocycles. The third-order valence-corrected chi connectivity index (χ3v) is 3.76. The Morgan fingerprint density at radius 1 is 0.269 bits per heavy atom. The van der Waals surface area contributed by atoms with Gasteiger partial charge >= 0.3 is 0 Å². The maximum absolute atomic E-state index is 2.12. The van der Waals surface area contributed by atoms with Crippen molar-refractivity contribution in [2.45, 2.75) is 0 Å². The minimum Gasteiger partial charge on any atom is -1.00 e. The Morgan fingerprint density at radius 2 is 0.423 bits per heavy atom. The van der Waals surface area contributed by atoms with Gasteiger partial charge in [-0.2, -0.15) is 0 Å². The van der Waals surface area contributed by atoms with Crippen molar-refractivity contribution in [3.05, 3.63) is 121 Å². The van der Waals surface area contributed by atoms with Crippen molar-refractivity contribution in [1.82, 2.24) is 0 Å². The summed E-state index contributed by atoms with van der Waals surface area (Å²) in [4.78, 5) is 0. The van der Waals surface area contributed by atoms with Gasteiger partial charge in [0.15, 0.2) is 0 Å². The van der Waals surface area contributed by atoms with Gasteiger partial charge in [0, 0.05) is 17.4 Å². The van der Waals surface area contributed by atoms with Crippen molar-refractivity contribution < 1.29 is 41.3 Å². The van der Waals surface area contributed by atoms with E-state index in [0.29, 0.717) is 0 Å². The van der Waals surface area contributed by atoms with E-state index in [1.165, 1.54) is 22.3 Å². The molecule has 0 atom stereocenters. The first-order valence-corrected chi connectivity index (χ1v) is 8.14. The van der Waals surface area contributed by atoms with Crippen LogP contribution in [-0.2, 0) is 17.4 Å². The predicted octanol–water partition coefficient (Wildman–Crippen LogP) is 3.71. The second-order valence-electron chi connectivity index (χ2n) is 5.46. The molecule has 0 saturated carbocycles. The fourth-order valence-electron chi connectivity index (χ4n) is 2.52. The van der Waals surface area contributed by atoms with E-state index in [0.717, 1.165) is 0 Å². The quantitative estimate of drug-likeness (QED) is 0.379. The Morgan fingerprint density at radius 3 is 0.577 bits per heavy atom. The molecule has 0 aliphatic carbocycles. The van der Waals surface area contributed by atoms with E-state index in [-0.39, 0.29) is 41.3 Å². The molecule has 4 aromatic carbocycles. The van der Waals surface area contributed by atoms with Gasteiger partial charge in [0.2, 0.25) is 0 Å². The van der Waals surface area contributed by atoms with Crippen LogP contribution >= 0.6 is 0 Å². The van der Waals surface area contributed by atoms with Crippen LogP contribution in [0.15, 0.2) is 121 Å². The van der Waals surface area contributed by atoms with Crippen molar-refractivity contribution >= 4 is 0 Å². The largest absolute Gasteiger partial charge is 1.00 e. The van der Waals surface area contributed by atoms with Crippen LogP contribution in [0, 0.1) is 0 Å². The molecule has 0 heterocycles.